The van der Waals surface area contributed by atoms with Crippen molar-refractivity contribution >= 4 is 27.5 Å². The Hall–Kier alpha value is -1.89. The summed E-state index contributed by atoms with van der Waals surface area (Å²) in [5.41, 5.74) is 3.79. The van der Waals surface area contributed by atoms with Crippen LogP contribution < -0.4 is 10.0 Å². The highest BCUT2D eigenvalue weighted by Gasteiger charge is 2.13. The van der Waals surface area contributed by atoms with E-state index < -0.39 is 10.0 Å². The van der Waals surface area contributed by atoms with Crippen LogP contribution in [0.1, 0.15) is 29.5 Å². The molecule has 0 aliphatic heterocycles. The molecule has 0 saturated heterocycles. The van der Waals surface area contributed by atoms with Crippen molar-refractivity contribution in [1.29, 1.82) is 0 Å². The molecular formula is C20H25ClN2O3S. The molecule has 0 aliphatic rings. The van der Waals surface area contributed by atoms with Gasteiger partial charge in [0, 0.05) is 24.5 Å². The summed E-state index contributed by atoms with van der Waals surface area (Å²) < 4.78 is 26.6. The third-order valence-electron chi connectivity index (χ3n) is 4.21. The Bertz CT molecular complexity index is 881. The summed E-state index contributed by atoms with van der Waals surface area (Å²) in [5.74, 6) is -0.172. The van der Waals surface area contributed by atoms with Crippen LogP contribution in [0, 0.1) is 13.8 Å². The Balaban J connectivity index is 1.68. The normalized spacial score (nSPS) is 11.4. The highest BCUT2D eigenvalue weighted by atomic mass is 35.5. The van der Waals surface area contributed by atoms with E-state index in [-0.39, 0.29) is 23.8 Å². The molecule has 0 fully saturated rings. The number of rotatable bonds is 9. The number of amides is 1. The molecule has 27 heavy (non-hydrogen) atoms. The molecule has 0 radical (unpaired) electrons. The van der Waals surface area contributed by atoms with Crippen molar-refractivity contribution in [3.63, 3.8) is 0 Å². The molecule has 0 spiro atoms. The molecule has 1 amide bonds. The second-order valence-corrected chi connectivity index (χ2v) is 8.69. The highest BCUT2D eigenvalue weighted by molar-refractivity contribution is 7.89. The minimum absolute atomic E-state index is 0.0495. The lowest BCUT2D eigenvalue weighted by Crippen LogP contribution is -2.31. The summed E-state index contributed by atoms with van der Waals surface area (Å²) in [6.07, 6.45) is 1.83. The second-order valence-electron chi connectivity index (χ2n) is 6.49. The Morgan fingerprint density at radius 2 is 1.74 bits per heavy atom. The van der Waals surface area contributed by atoms with Crippen molar-refractivity contribution in [2.75, 3.05) is 13.1 Å². The third-order valence-corrected chi connectivity index (χ3v) is 5.94. The number of carbonyl (C=O) groups excluding carboxylic acids is 1. The molecule has 2 rings (SSSR count). The lowest BCUT2D eigenvalue weighted by molar-refractivity contribution is -0.120. The minimum atomic E-state index is -3.63. The summed E-state index contributed by atoms with van der Waals surface area (Å²) in [6.45, 7) is 4.77. The predicted molar refractivity (Wildman–Crippen MR) is 109 cm³/mol. The fourth-order valence-corrected chi connectivity index (χ4v) is 3.88. The molecule has 5 nitrogen and oxygen atoms in total. The number of hydrogen-bond donors (Lipinski definition) is 2. The highest BCUT2D eigenvalue weighted by Crippen LogP contribution is 2.14. The van der Waals surface area contributed by atoms with E-state index in [9.17, 15) is 13.2 Å². The predicted octanol–water partition coefficient (Wildman–Crippen LogP) is 3.37. The van der Waals surface area contributed by atoms with Gasteiger partial charge in [0.15, 0.2) is 0 Å². The SMILES string of the molecule is Cc1ccc(CCCNC(=O)CCNS(=O)(=O)c2ccc(Cl)cc2)c(C)c1. The zero-order valence-corrected chi connectivity index (χ0v) is 17.2. The number of halogens is 1. The maximum atomic E-state index is 12.1. The van der Waals surface area contributed by atoms with E-state index in [4.69, 9.17) is 11.6 Å². The molecule has 7 heteroatoms. The molecule has 2 aromatic rings. The van der Waals surface area contributed by atoms with Gasteiger partial charge in [0.25, 0.3) is 0 Å². The number of hydrogen-bond acceptors (Lipinski definition) is 3. The quantitative estimate of drug-likeness (QED) is 0.624. The van der Waals surface area contributed by atoms with E-state index in [1.165, 1.54) is 41.0 Å². The fourth-order valence-electron chi connectivity index (χ4n) is 2.72. The first-order valence-electron chi connectivity index (χ1n) is 8.86. The van der Waals surface area contributed by atoms with Gasteiger partial charge in [-0.15, -0.1) is 0 Å². The van der Waals surface area contributed by atoms with Gasteiger partial charge in [-0.1, -0.05) is 35.4 Å². The van der Waals surface area contributed by atoms with Crippen LogP contribution >= 0.6 is 11.6 Å². The second kappa shape index (κ2) is 9.88. The average molecular weight is 409 g/mol. The van der Waals surface area contributed by atoms with E-state index in [0.29, 0.717) is 11.6 Å². The van der Waals surface area contributed by atoms with Gasteiger partial charge in [-0.25, -0.2) is 13.1 Å². The molecular weight excluding hydrogens is 384 g/mol. The number of aryl methyl sites for hydroxylation is 3. The number of sulfonamides is 1. The van der Waals surface area contributed by atoms with Crippen molar-refractivity contribution in [2.45, 2.75) is 38.0 Å². The Morgan fingerprint density at radius 1 is 1.04 bits per heavy atom. The first-order valence-corrected chi connectivity index (χ1v) is 10.7. The number of benzene rings is 2. The zero-order valence-electron chi connectivity index (χ0n) is 15.6. The van der Waals surface area contributed by atoms with Crippen LogP contribution in [0.25, 0.3) is 0 Å². The Morgan fingerprint density at radius 3 is 2.41 bits per heavy atom. The molecule has 0 bridgehead atoms. The van der Waals surface area contributed by atoms with Gasteiger partial charge in [-0.05, 0) is 62.1 Å². The maximum absolute atomic E-state index is 12.1. The molecule has 2 aromatic carbocycles. The summed E-state index contributed by atoms with van der Waals surface area (Å²) in [5, 5.41) is 3.29. The van der Waals surface area contributed by atoms with Crippen LogP contribution in [0.2, 0.25) is 5.02 Å². The Labute approximate surface area is 166 Å². The van der Waals surface area contributed by atoms with Crippen LogP contribution in [0.3, 0.4) is 0 Å². The molecule has 0 unspecified atom stereocenters. The van der Waals surface area contributed by atoms with Crippen molar-refractivity contribution in [2.24, 2.45) is 0 Å². The summed E-state index contributed by atoms with van der Waals surface area (Å²) in [4.78, 5) is 12.0. The van der Waals surface area contributed by atoms with Gasteiger partial charge >= 0.3 is 0 Å². The Kier molecular flexibility index (Phi) is 7.83. The van der Waals surface area contributed by atoms with Crippen LogP contribution in [-0.2, 0) is 21.2 Å². The first-order chi connectivity index (χ1) is 12.8. The van der Waals surface area contributed by atoms with Gasteiger partial charge in [-0.2, -0.15) is 0 Å². The van der Waals surface area contributed by atoms with E-state index in [0.717, 1.165) is 12.8 Å². The average Bonchev–Trinajstić information content (AvgIpc) is 2.60. The molecule has 0 heterocycles. The zero-order chi connectivity index (χ0) is 19.9. The van der Waals surface area contributed by atoms with Gasteiger partial charge in [0.1, 0.15) is 0 Å². The first kappa shape index (κ1) is 21.4. The molecule has 0 aliphatic carbocycles. The van der Waals surface area contributed by atoms with Crippen molar-refractivity contribution < 1.29 is 13.2 Å². The summed E-state index contributed by atoms with van der Waals surface area (Å²) in [7, 11) is -3.63. The van der Waals surface area contributed by atoms with Crippen molar-refractivity contribution in [3.05, 3.63) is 64.2 Å². The minimum Gasteiger partial charge on any atom is -0.356 e. The van der Waals surface area contributed by atoms with Crippen LogP contribution in [0.5, 0.6) is 0 Å². The summed E-state index contributed by atoms with van der Waals surface area (Å²) in [6, 6.07) is 12.2. The lowest BCUT2D eigenvalue weighted by atomic mass is 10.0. The van der Waals surface area contributed by atoms with Gasteiger partial charge in [0.05, 0.1) is 4.90 Å². The molecule has 2 N–H and O–H groups in total. The van der Waals surface area contributed by atoms with E-state index in [1.807, 2.05) is 0 Å². The lowest BCUT2D eigenvalue weighted by Gasteiger charge is -2.09. The number of nitrogens with one attached hydrogen (secondary N) is 2. The summed E-state index contributed by atoms with van der Waals surface area (Å²) >= 11 is 5.75. The molecule has 0 aromatic heterocycles. The van der Waals surface area contributed by atoms with E-state index >= 15 is 0 Å². The van der Waals surface area contributed by atoms with Crippen molar-refractivity contribution in [1.82, 2.24) is 10.0 Å². The van der Waals surface area contributed by atoms with Gasteiger partial charge < -0.3 is 5.32 Å². The smallest absolute Gasteiger partial charge is 0.240 e. The molecule has 146 valence electrons. The van der Waals surface area contributed by atoms with Crippen LogP contribution in [-0.4, -0.2) is 27.4 Å². The largest absolute Gasteiger partial charge is 0.356 e. The topological polar surface area (TPSA) is 75.3 Å². The van der Waals surface area contributed by atoms with Gasteiger partial charge in [0.2, 0.25) is 15.9 Å². The fraction of sp³-hybridized carbons (Fsp3) is 0.350. The monoisotopic (exact) mass is 408 g/mol. The standard InChI is InChI=1S/C20H25ClN2O3S/c1-15-5-6-17(16(2)14-15)4-3-12-22-20(24)11-13-23-27(25,26)19-9-7-18(21)8-10-19/h5-10,14,23H,3-4,11-13H2,1-2H3,(H,22,24). The number of carbonyl (C=O) groups is 1. The van der Waals surface area contributed by atoms with E-state index in [2.05, 4.69) is 42.1 Å². The van der Waals surface area contributed by atoms with Gasteiger partial charge in [-0.3, -0.25) is 4.79 Å². The third kappa shape index (κ3) is 6.97. The van der Waals surface area contributed by atoms with Crippen molar-refractivity contribution in [3.8, 4) is 0 Å². The van der Waals surface area contributed by atoms with E-state index in [1.54, 1.807) is 0 Å². The molecule has 0 saturated carbocycles. The van der Waals surface area contributed by atoms with Crippen LogP contribution in [0.15, 0.2) is 47.4 Å². The van der Waals surface area contributed by atoms with Crippen LogP contribution in [0.4, 0.5) is 0 Å². The molecule has 0 atom stereocenters. The maximum Gasteiger partial charge on any atom is 0.240 e.